The number of aryl methyl sites for hydroxylation is 1. The molecule has 34 heavy (non-hydrogen) atoms. The number of benzene rings is 3. The Labute approximate surface area is 202 Å². The number of para-hydroxylation sites is 2. The Morgan fingerprint density at radius 2 is 1.06 bits per heavy atom. The number of fused-ring (bicyclic) bond motifs is 1. The molecule has 4 aromatic rings. The standard InChI is InChI=1S/C29H35N5/c1-2-16-33-27-10-6-7-11-28(27)34(29(33)30)23-26-14-12-25(13-15-26)22-32-19-17-31(18-20-32)21-24-8-4-3-5-9-24/h3-15,30H,2,16-23H2,1H3. The third-order valence-electron chi connectivity index (χ3n) is 6.91. The molecular weight excluding hydrogens is 418 g/mol. The first-order chi connectivity index (χ1) is 16.7. The van der Waals surface area contributed by atoms with Crippen molar-refractivity contribution in [2.75, 3.05) is 26.2 Å². The molecule has 3 aromatic carbocycles. The highest BCUT2D eigenvalue weighted by Gasteiger charge is 2.17. The van der Waals surface area contributed by atoms with Gasteiger partial charge in [-0.15, -0.1) is 0 Å². The average Bonchev–Trinajstić information content (AvgIpc) is 3.13. The smallest absolute Gasteiger partial charge is 0.203 e. The Bertz CT molecular complexity index is 1260. The van der Waals surface area contributed by atoms with Crippen molar-refractivity contribution in [2.24, 2.45) is 0 Å². The molecule has 1 aliphatic rings. The van der Waals surface area contributed by atoms with Crippen molar-refractivity contribution in [1.29, 1.82) is 5.41 Å². The minimum atomic E-state index is 0.584. The van der Waals surface area contributed by atoms with Crippen LogP contribution in [0.25, 0.3) is 11.0 Å². The van der Waals surface area contributed by atoms with Crippen molar-refractivity contribution in [3.8, 4) is 0 Å². The number of piperazine rings is 1. The van der Waals surface area contributed by atoms with Crippen molar-refractivity contribution in [1.82, 2.24) is 18.9 Å². The number of hydrogen-bond acceptors (Lipinski definition) is 3. The van der Waals surface area contributed by atoms with Crippen LogP contribution in [0.1, 0.15) is 30.0 Å². The summed E-state index contributed by atoms with van der Waals surface area (Å²) in [5.41, 5.74) is 6.88. The van der Waals surface area contributed by atoms with E-state index in [1.807, 2.05) is 0 Å². The lowest BCUT2D eigenvalue weighted by Gasteiger charge is -2.34. The van der Waals surface area contributed by atoms with Gasteiger partial charge < -0.3 is 9.13 Å². The van der Waals surface area contributed by atoms with E-state index in [9.17, 15) is 0 Å². The van der Waals surface area contributed by atoms with Crippen LogP contribution in [0.2, 0.25) is 0 Å². The molecule has 0 spiro atoms. The van der Waals surface area contributed by atoms with E-state index in [1.165, 1.54) is 16.7 Å². The molecule has 0 amide bonds. The van der Waals surface area contributed by atoms with E-state index in [-0.39, 0.29) is 0 Å². The Morgan fingerprint density at radius 3 is 1.62 bits per heavy atom. The van der Waals surface area contributed by atoms with E-state index >= 15 is 0 Å². The lowest BCUT2D eigenvalue weighted by molar-refractivity contribution is 0.122. The van der Waals surface area contributed by atoms with E-state index in [0.29, 0.717) is 5.62 Å². The van der Waals surface area contributed by atoms with Crippen LogP contribution < -0.4 is 5.62 Å². The molecule has 0 aliphatic carbocycles. The average molecular weight is 454 g/mol. The van der Waals surface area contributed by atoms with Crippen LogP contribution in [0.3, 0.4) is 0 Å². The van der Waals surface area contributed by atoms with Gasteiger partial charge in [0, 0.05) is 45.8 Å². The molecule has 1 fully saturated rings. The second-order valence-electron chi connectivity index (χ2n) is 9.40. The third-order valence-corrected chi connectivity index (χ3v) is 6.91. The molecule has 176 valence electrons. The zero-order valence-corrected chi connectivity index (χ0v) is 20.2. The predicted octanol–water partition coefficient (Wildman–Crippen LogP) is 4.70. The van der Waals surface area contributed by atoms with Crippen LogP contribution in [0.15, 0.2) is 78.9 Å². The van der Waals surface area contributed by atoms with E-state index in [2.05, 4.69) is 105 Å². The zero-order chi connectivity index (χ0) is 23.3. The summed E-state index contributed by atoms with van der Waals surface area (Å²) in [6.07, 6.45) is 1.03. The first-order valence-electron chi connectivity index (χ1n) is 12.5. The maximum Gasteiger partial charge on any atom is 0.203 e. The normalized spacial score (nSPS) is 15.2. The molecule has 0 atom stereocenters. The minimum absolute atomic E-state index is 0.584. The van der Waals surface area contributed by atoms with Crippen molar-refractivity contribution >= 4 is 11.0 Å². The fraction of sp³-hybridized carbons (Fsp3) is 0.345. The number of rotatable bonds is 8. The molecule has 0 saturated carbocycles. The summed E-state index contributed by atoms with van der Waals surface area (Å²) in [7, 11) is 0. The summed E-state index contributed by atoms with van der Waals surface area (Å²) in [6, 6.07) is 28.2. The van der Waals surface area contributed by atoms with Gasteiger partial charge in [0.1, 0.15) is 0 Å². The molecule has 1 aliphatic heterocycles. The maximum absolute atomic E-state index is 8.74. The number of aromatic nitrogens is 2. The Hall–Kier alpha value is -3.15. The molecule has 1 N–H and O–H groups in total. The molecule has 0 bridgehead atoms. The molecule has 0 radical (unpaired) electrons. The van der Waals surface area contributed by atoms with Gasteiger partial charge in [0.05, 0.1) is 17.6 Å². The predicted molar refractivity (Wildman–Crippen MR) is 139 cm³/mol. The molecule has 0 unspecified atom stereocenters. The third kappa shape index (κ3) is 5.01. The monoisotopic (exact) mass is 453 g/mol. The van der Waals surface area contributed by atoms with Gasteiger partial charge in [-0.1, -0.05) is 73.7 Å². The Morgan fingerprint density at radius 1 is 0.588 bits per heavy atom. The van der Waals surface area contributed by atoms with Gasteiger partial charge >= 0.3 is 0 Å². The number of nitrogens with one attached hydrogen (secondary N) is 1. The molecule has 1 saturated heterocycles. The molecule has 1 aromatic heterocycles. The quantitative estimate of drug-likeness (QED) is 0.420. The molecule has 5 heteroatoms. The number of hydrogen-bond donors (Lipinski definition) is 1. The maximum atomic E-state index is 8.74. The molecule has 2 heterocycles. The largest absolute Gasteiger partial charge is 0.310 e. The lowest BCUT2D eigenvalue weighted by atomic mass is 10.1. The summed E-state index contributed by atoms with van der Waals surface area (Å²) in [6.45, 7) is 10.3. The number of nitrogens with zero attached hydrogens (tertiary/aromatic N) is 4. The molecular formula is C29H35N5. The second kappa shape index (κ2) is 10.4. The van der Waals surface area contributed by atoms with Crippen molar-refractivity contribution in [3.63, 3.8) is 0 Å². The van der Waals surface area contributed by atoms with Gasteiger partial charge in [-0.05, 0) is 35.2 Å². The van der Waals surface area contributed by atoms with E-state index in [1.54, 1.807) is 0 Å². The summed E-state index contributed by atoms with van der Waals surface area (Å²) in [4.78, 5) is 5.12. The summed E-state index contributed by atoms with van der Waals surface area (Å²) >= 11 is 0. The lowest BCUT2D eigenvalue weighted by Crippen LogP contribution is -2.45. The van der Waals surface area contributed by atoms with Gasteiger partial charge in [0.2, 0.25) is 5.62 Å². The van der Waals surface area contributed by atoms with Crippen LogP contribution in [0, 0.1) is 5.41 Å². The van der Waals surface area contributed by atoms with E-state index in [4.69, 9.17) is 5.41 Å². The van der Waals surface area contributed by atoms with Gasteiger partial charge in [-0.3, -0.25) is 15.2 Å². The van der Waals surface area contributed by atoms with Crippen LogP contribution in [0.4, 0.5) is 0 Å². The van der Waals surface area contributed by atoms with Gasteiger partial charge in [-0.25, -0.2) is 0 Å². The van der Waals surface area contributed by atoms with E-state index < -0.39 is 0 Å². The fourth-order valence-electron chi connectivity index (χ4n) is 5.04. The first-order valence-corrected chi connectivity index (χ1v) is 12.5. The van der Waals surface area contributed by atoms with Gasteiger partial charge in [0.25, 0.3) is 0 Å². The Kier molecular flexibility index (Phi) is 6.93. The van der Waals surface area contributed by atoms with Crippen LogP contribution in [-0.4, -0.2) is 45.1 Å². The summed E-state index contributed by atoms with van der Waals surface area (Å²) in [5, 5.41) is 8.74. The van der Waals surface area contributed by atoms with Crippen LogP contribution in [-0.2, 0) is 26.2 Å². The molecule has 5 rings (SSSR count). The Balaban J connectivity index is 1.20. The number of imidazole rings is 1. The summed E-state index contributed by atoms with van der Waals surface area (Å²) < 4.78 is 4.26. The van der Waals surface area contributed by atoms with Gasteiger partial charge in [0.15, 0.2) is 0 Å². The van der Waals surface area contributed by atoms with Crippen molar-refractivity contribution in [3.05, 3.63) is 101 Å². The van der Waals surface area contributed by atoms with Crippen LogP contribution in [0.5, 0.6) is 0 Å². The second-order valence-corrected chi connectivity index (χ2v) is 9.40. The highest BCUT2D eigenvalue weighted by atomic mass is 15.3. The van der Waals surface area contributed by atoms with Crippen molar-refractivity contribution in [2.45, 2.75) is 39.5 Å². The van der Waals surface area contributed by atoms with Crippen molar-refractivity contribution < 1.29 is 0 Å². The highest BCUT2D eigenvalue weighted by Crippen LogP contribution is 2.16. The van der Waals surface area contributed by atoms with E-state index in [0.717, 1.165) is 69.8 Å². The van der Waals surface area contributed by atoms with Gasteiger partial charge in [-0.2, -0.15) is 0 Å². The highest BCUT2D eigenvalue weighted by molar-refractivity contribution is 5.76. The SMILES string of the molecule is CCCn1c(=N)n(Cc2ccc(CN3CCN(Cc4ccccc4)CC3)cc2)c2ccccc21. The summed E-state index contributed by atoms with van der Waals surface area (Å²) in [5.74, 6) is 0. The fourth-order valence-corrected chi connectivity index (χ4v) is 5.04. The van der Waals surface area contributed by atoms with Crippen LogP contribution >= 0.6 is 0 Å². The zero-order valence-electron chi connectivity index (χ0n) is 20.2. The molecule has 5 nitrogen and oxygen atoms in total. The topological polar surface area (TPSA) is 40.2 Å². The first kappa shape index (κ1) is 22.6. The minimum Gasteiger partial charge on any atom is -0.310 e.